The molecule has 6 nitrogen and oxygen atoms in total. The third-order valence-corrected chi connectivity index (χ3v) is 7.76. The molecule has 0 aliphatic heterocycles. The molecule has 1 atom stereocenters. The summed E-state index contributed by atoms with van der Waals surface area (Å²) in [6, 6.07) is 0.574. The Morgan fingerprint density at radius 1 is 0.676 bits per heavy atom. The van der Waals surface area contributed by atoms with E-state index in [1.807, 2.05) is 0 Å². The summed E-state index contributed by atoms with van der Waals surface area (Å²) >= 11 is 0. The summed E-state index contributed by atoms with van der Waals surface area (Å²) in [5.74, 6) is 0.0905. The molecule has 0 saturated heterocycles. The van der Waals surface area contributed by atoms with E-state index in [0.29, 0.717) is 31.5 Å². The summed E-state index contributed by atoms with van der Waals surface area (Å²) < 4.78 is 0. The molecule has 0 radical (unpaired) electrons. The first kappa shape index (κ1) is 29.1. The zero-order valence-corrected chi connectivity index (χ0v) is 22.1. The van der Waals surface area contributed by atoms with Crippen LogP contribution >= 0.6 is 0 Å². The highest BCUT2D eigenvalue weighted by Crippen LogP contribution is 2.18. The van der Waals surface area contributed by atoms with Crippen LogP contribution < -0.4 is 21.3 Å². The maximum Gasteiger partial charge on any atom is 0.237 e. The van der Waals surface area contributed by atoms with Crippen LogP contribution in [0.25, 0.3) is 0 Å². The van der Waals surface area contributed by atoms with Crippen LogP contribution in [0.4, 0.5) is 0 Å². The molecule has 2 amide bonds. The first-order valence-electron chi connectivity index (χ1n) is 14.7. The van der Waals surface area contributed by atoms with E-state index < -0.39 is 0 Å². The number of carbonyl (C=O) groups is 2. The number of rotatable bonds is 10. The Kier molecular flexibility index (Phi) is 16.3. The molecule has 0 spiro atoms. The summed E-state index contributed by atoms with van der Waals surface area (Å²) in [6.45, 7) is 1.46. The van der Waals surface area contributed by atoms with E-state index in [1.165, 1.54) is 103 Å². The topological polar surface area (TPSA) is 82.3 Å². The minimum Gasteiger partial charge on any atom is -0.353 e. The predicted molar refractivity (Wildman–Crippen MR) is 142 cm³/mol. The second-order valence-electron chi connectivity index (χ2n) is 10.7. The van der Waals surface area contributed by atoms with Gasteiger partial charge in [-0.2, -0.15) is 0 Å². The van der Waals surface area contributed by atoms with Gasteiger partial charge in [-0.1, -0.05) is 89.9 Å². The van der Waals surface area contributed by atoms with E-state index in [4.69, 9.17) is 0 Å². The normalized spacial score (nSPS) is 21.3. The number of nitrogens with one attached hydrogen (secondary N) is 4. The Morgan fingerprint density at radius 2 is 1.15 bits per heavy atom. The molecule has 34 heavy (non-hydrogen) atoms. The fourth-order valence-electron chi connectivity index (χ4n) is 5.53. The van der Waals surface area contributed by atoms with Crippen LogP contribution in [0.15, 0.2) is 0 Å². The van der Waals surface area contributed by atoms with Crippen molar-refractivity contribution in [3.8, 4) is 0 Å². The maximum atomic E-state index is 12.6. The van der Waals surface area contributed by atoms with Gasteiger partial charge in [0.2, 0.25) is 11.8 Å². The zero-order chi connectivity index (χ0) is 24.3. The van der Waals surface area contributed by atoms with Crippen molar-refractivity contribution in [3.05, 3.63) is 0 Å². The van der Waals surface area contributed by atoms with Crippen molar-refractivity contribution in [1.82, 2.24) is 21.3 Å². The van der Waals surface area contributed by atoms with Gasteiger partial charge in [0.25, 0.3) is 0 Å². The van der Waals surface area contributed by atoms with E-state index in [2.05, 4.69) is 21.3 Å². The monoisotopic (exact) mass is 478 g/mol. The lowest BCUT2D eigenvalue weighted by Gasteiger charge is -2.21. The van der Waals surface area contributed by atoms with Crippen LogP contribution in [0, 0.1) is 0 Å². The molecule has 6 heteroatoms. The standard InChI is InChI=1S/C28H54N4O2/c1-29-26(20-21-27(33)32-25-18-14-10-6-7-11-15-19-25)28(34)31-23-22-30-24-16-12-8-4-2-3-5-9-13-17-24/h24-26,29-30H,2-23H2,1H3,(H,31,34)(H,32,33). The molecular formula is C28H54N4O2. The van der Waals surface area contributed by atoms with Gasteiger partial charge in [-0.15, -0.1) is 0 Å². The molecule has 1 unspecified atom stereocenters. The SMILES string of the molecule is CNC(CCC(=O)NC1CCCCCCCC1)C(=O)NCCNC1CCCCCCCCCC1. The number of carbonyl (C=O) groups excluding carboxylic acids is 2. The van der Waals surface area contributed by atoms with Gasteiger partial charge >= 0.3 is 0 Å². The molecule has 0 bridgehead atoms. The van der Waals surface area contributed by atoms with Crippen LogP contribution in [0.1, 0.15) is 128 Å². The fraction of sp³-hybridized carbons (Fsp3) is 0.929. The first-order chi connectivity index (χ1) is 16.7. The summed E-state index contributed by atoms with van der Waals surface area (Å²) in [4.78, 5) is 25.2. The molecule has 2 aliphatic rings. The van der Waals surface area contributed by atoms with Gasteiger partial charge in [-0.25, -0.2) is 0 Å². The Bertz CT molecular complexity index is 520. The van der Waals surface area contributed by atoms with Gasteiger partial charge in [0.05, 0.1) is 6.04 Å². The lowest BCUT2D eigenvalue weighted by Crippen LogP contribution is -2.46. The number of hydrogen-bond acceptors (Lipinski definition) is 4. The number of hydrogen-bond donors (Lipinski definition) is 4. The lowest BCUT2D eigenvalue weighted by atomic mass is 10.0. The Morgan fingerprint density at radius 3 is 1.65 bits per heavy atom. The van der Waals surface area contributed by atoms with Crippen LogP contribution in [-0.4, -0.2) is 50.1 Å². The third kappa shape index (κ3) is 13.7. The summed E-state index contributed by atoms with van der Waals surface area (Å²) in [7, 11) is 1.81. The molecule has 2 saturated carbocycles. The molecule has 2 rings (SSSR count). The number of likely N-dealkylation sites (N-methyl/N-ethyl adjacent to an activating group) is 1. The maximum absolute atomic E-state index is 12.6. The molecule has 0 aromatic heterocycles. The van der Waals surface area contributed by atoms with Crippen molar-refractivity contribution in [2.24, 2.45) is 0 Å². The quantitative estimate of drug-likeness (QED) is 0.334. The minimum atomic E-state index is -0.316. The predicted octanol–water partition coefficient (Wildman–Crippen LogP) is 4.96. The van der Waals surface area contributed by atoms with E-state index >= 15 is 0 Å². The highest BCUT2D eigenvalue weighted by atomic mass is 16.2. The van der Waals surface area contributed by atoms with Gasteiger partial charge in [-0.3, -0.25) is 9.59 Å². The largest absolute Gasteiger partial charge is 0.353 e. The van der Waals surface area contributed by atoms with Gasteiger partial charge in [0, 0.05) is 31.6 Å². The number of amides is 2. The minimum absolute atomic E-state index is 0.00184. The van der Waals surface area contributed by atoms with Gasteiger partial charge in [-0.05, 0) is 39.2 Å². The molecule has 0 aromatic rings. The fourth-order valence-corrected chi connectivity index (χ4v) is 5.53. The summed E-state index contributed by atoms with van der Waals surface area (Å²) in [5, 5.41) is 13.1. The van der Waals surface area contributed by atoms with Crippen molar-refractivity contribution in [3.63, 3.8) is 0 Å². The van der Waals surface area contributed by atoms with Crippen molar-refractivity contribution < 1.29 is 9.59 Å². The highest BCUT2D eigenvalue weighted by Gasteiger charge is 2.19. The molecule has 2 aliphatic carbocycles. The second-order valence-corrected chi connectivity index (χ2v) is 10.7. The molecular weight excluding hydrogens is 424 g/mol. The Balaban J connectivity index is 1.61. The second kappa shape index (κ2) is 19.1. The van der Waals surface area contributed by atoms with Crippen molar-refractivity contribution in [2.45, 2.75) is 147 Å². The smallest absolute Gasteiger partial charge is 0.237 e. The van der Waals surface area contributed by atoms with Crippen LogP contribution in [-0.2, 0) is 9.59 Å². The Hall–Kier alpha value is -1.14. The molecule has 198 valence electrons. The van der Waals surface area contributed by atoms with E-state index in [0.717, 1.165) is 19.4 Å². The average molecular weight is 479 g/mol. The first-order valence-corrected chi connectivity index (χ1v) is 14.7. The molecule has 0 heterocycles. The lowest BCUT2D eigenvalue weighted by molar-refractivity contribution is -0.124. The molecule has 2 fully saturated rings. The average Bonchev–Trinajstić information content (AvgIpc) is 2.91. The van der Waals surface area contributed by atoms with Gasteiger partial charge < -0.3 is 21.3 Å². The van der Waals surface area contributed by atoms with Crippen molar-refractivity contribution in [1.29, 1.82) is 0 Å². The van der Waals surface area contributed by atoms with Gasteiger partial charge in [0.1, 0.15) is 0 Å². The zero-order valence-electron chi connectivity index (χ0n) is 22.1. The molecule has 4 N–H and O–H groups in total. The Labute approximate surface area is 209 Å². The summed E-state index contributed by atoms with van der Waals surface area (Å²) in [6.07, 6.45) is 24.2. The highest BCUT2D eigenvalue weighted by molar-refractivity contribution is 5.83. The van der Waals surface area contributed by atoms with Crippen molar-refractivity contribution in [2.75, 3.05) is 20.1 Å². The van der Waals surface area contributed by atoms with Crippen LogP contribution in [0.2, 0.25) is 0 Å². The summed E-state index contributed by atoms with van der Waals surface area (Å²) in [5.41, 5.74) is 0. The van der Waals surface area contributed by atoms with Crippen LogP contribution in [0.5, 0.6) is 0 Å². The van der Waals surface area contributed by atoms with E-state index in [9.17, 15) is 9.59 Å². The molecule has 0 aromatic carbocycles. The van der Waals surface area contributed by atoms with E-state index in [1.54, 1.807) is 7.05 Å². The third-order valence-electron chi connectivity index (χ3n) is 7.76. The van der Waals surface area contributed by atoms with Crippen molar-refractivity contribution >= 4 is 11.8 Å². The van der Waals surface area contributed by atoms with Crippen LogP contribution in [0.3, 0.4) is 0 Å². The van der Waals surface area contributed by atoms with E-state index in [-0.39, 0.29) is 17.9 Å². The van der Waals surface area contributed by atoms with Gasteiger partial charge in [0.15, 0.2) is 0 Å².